The largest absolute Gasteiger partial charge is 0.467 e. The molecule has 2 N–H and O–H groups in total. The average molecular weight is 302 g/mol. The van der Waals surface area contributed by atoms with E-state index < -0.39 is 0 Å². The van der Waals surface area contributed by atoms with Gasteiger partial charge in [0.15, 0.2) is 10.8 Å². The van der Waals surface area contributed by atoms with Crippen LogP contribution in [0.5, 0.6) is 0 Å². The van der Waals surface area contributed by atoms with E-state index in [9.17, 15) is 0 Å². The molecule has 3 aromatic heterocycles. The summed E-state index contributed by atoms with van der Waals surface area (Å²) in [6, 6.07) is 4.54. The molecule has 1 saturated carbocycles. The summed E-state index contributed by atoms with van der Waals surface area (Å²) in [5.41, 5.74) is 7.02. The van der Waals surface area contributed by atoms with Gasteiger partial charge in [0.1, 0.15) is 5.76 Å². The first kappa shape index (κ1) is 12.9. The van der Waals surface area contributed by atoms with Gasteiger partial charge in [0, 0.05) is 24.0 Å². The molecule has 1 fully saturated rings. The Balaban J connectivity index is 1.74. The number of fused-ring (bicyclic) bond motifs is 1. The summed E-state index contributed by atoms with van der Waals surface area (Å²) in [7, 11) is 0. The fourth-order valence-corrected chi connectivity index (χ4v) is 3.48. The van der Waals surface area contributed by atoms with Crippen molar-refractivity contribution in [3.63, 3.8) is 0 Å². The van der Waals surface area contributed by atoms with Gasteiger partial charge in [-0.3, -0.25) is 4.40 Å². The predicted octanol–water partition coefficient (Wildman–Crippen LogP) is 2.66. The molecule has 0 spiro atoms. The first-order valence-electron chi connectivity index (χ1n) is 7.30. The van der Waals surface area contributed by atoms with Gasteiger partial charge < -0.3 is 15.1 Å². The Labute approximate surface area is 127 Å². The molecule has 5 nitrogen and oxygen atoms in total. The zero-order valence-electron chi connectivity index (χ0n) is 11.7. The lowest BCUT2D eigenvalue weighted by Gasteiger charge is -2.22. The van der Waals surface area contributed by atoms with Gasteiger partial charge in [-0.2, -0.15) is 0 Å². The molecule has 1 aliphatic carbocycles. The van der Waals surface area contributed by atoms with Crippen LogP contribution < -0.4 is 10.6 Å². The second-order valence-corrected chi connectivity index (χ2v) is 6.29. The monoisotopic (exact) mass is 302 g/mol. The van der Waals surface area contributed by atoms with Crippen LogP contribution in [0.15, 0.2) is 34.4 Å². The zero-order valence-corrected chi connectivity index (χ0v) is 12.6. The third kappa shape index (κ3) is 2.34. The minimum Gasteiger partial charge on any atom is -0.467 e. The van der Waals surface area contributed by atoms with Gasteiger partial charge in [0.2, 0.25) is 0 Å². The summed E-state index contributed by atoms with van der Waals surface area (Å²) in [6.45, 7) is 1.41. The number of anilines is 1. The summed E-state index contributed by atoms with van der Waals surface area (Å²) in [4.78, 5) is 8.26. The Morgan fingerprint density at radius 3 is 3.10 bits per heavy atom. The van der Waals surface area contributed by atoms with E-state index in [1.165, 1.54) is 18.5 Å². The number of thiazole rings is 1. The number of rotatable bonds is 6. The topological polar surface area (TPSA) is 59.7 Å². The van der Waals surface area contributed by atoms with Gasteiger partial charge in [-0.15, -0.1) is 11.3 Å². The Hall–Kier alpha value is -1.79. The van der Waals surface area contributed by atoms with Crippen molar-refractivity contribution >= 4 is 22.1 Å². The van der Waals surface area contributed by atoms with Crippen LogP contribution in [-0.2, 0) is 13.0 Å². The maximum absolute atomic E-state index is 5.80. The molecule has 3 heterocycles. The molecule has 3 aromatic rings. The molecule has 0 aliphatic heterocycles. The van der Waals surface area contributed by atoms with Crippen molar-refractivity contribution in [1.29, 1.82) is 0 Å². The molecule has 21 heavy (non-hydrogen) atoms. The SMILES string of the molecule is NCCc1c(N(Cc2ccco2)C2CC2)nc2sccn12. The van der Waals surface area contributed by atoms with Crippen LogP contribution in [0.25, 0.3) is 4.96 Å². The summed E-state index contributed by atoms with van der Waals surface area (Å²) >= 11 is 1.67. The lowest BCUT2D eigenvalue weighted by molar-refractivity contribution is 0.500. The van der Waals surface area contributed by atoms with E-state index in [4.69, 9.17) is 15.1 Å². The van der Waals surface area contributed by atoms with Crippen molar-refractivity contribution in [3.8, 4) is 0 Å². The highest BCUT2D eigenvalue weighted by Crippen LogP contribution is 2.35. The highest BCUT2D eigenvalue weighted by atomic mass is 32.1. The normalized spacial score (nSPS) is 14.9. The highest BCUT2D eigenvalue weighted by Gasteiger charge is 2.33. The number of imidazole rings is 1. The molecule has 0 atom stereocenters. The Morgan fingerprint density at radius 1 is 1.48 bits per heavy atom. The van der Waals surface area contributed by atoms with Crippen LogP contribution in [0, 0.1) is 0 Å². The van der Waals surface area contributed by atoms with Crippen molar-refractivity contribution in [2.24, 2.45) is 5.73 Å². The molecule has 4 rings (SSSR count). The fourth-order valence-electron chi connectivity index (χ4n) is 2.75. The predicted molar refractivity (Wildman–Crippen MR) is 83.7 cm³/mol. The molecular formula is C15H18N4OS. The lowest BCUT2D eigenvalue weighted by atomic mass is 10.2. The molecule has 0 bridgehead atoms. The van der Waals surface area contributed by atoms with E-state index in [2.05, 4.69) is 20.9 Å². The standard InChI is InChI=1S/C15H18N4OS/c16-6-5-13-14(17-15-18(13)7-9-21-15)19(11-3-4-11)10-12-2-1-8-20-12/h1-2,7-9,11H,3-6,10,16H2. The summed E-state index contributed by atoms with van der Waals surface area (Å²) < 4.78 is 7.69. The van der Waals surface area contributed by atoms with E-state index in [0.717, 1.165) is 29.5 Å². The fraction of sp³-hybridized carbons (Fsp3) is 0.400. The maximum atomic E-state index is 5.80. The third-order valence-corrected chi connectivity index (χ3v) is 4.64. The van der Waals surface area contributed by atoms with Crippen molar-refractivity contribution in [3.05, 3.63) is 41.4 Å². The van der Waals surface area contributed by atoms with Gasteiger partial charge in [-0.25, -0.2) is 4.98 Å². The van der Waals surface area contributed by atoms with Crippen LogP contribution >= 0.6 is 11.3 Å². The molecular weight excluding hydrogens is 284 g/mol. The van der Waals surface area contributed by atoms with Crippen molar-refractivity contribution in [2.45, 2.75) is 31.8 Å². The van der Waals surface area contributed by atoms with Crippen LogP contribution in [0.3, 0.4) is 0 Å². The van der Waals surface area contributed by atoms with E-state index in [-0.39, 0.29) is 0 Å². The second-order valence-electron chi connectivity index (χ2n) is 5.41. The second kappa shape index (κ2) is 5.20. The quantitative estimate of drug-likeness (QED) is 0.760. The Morgan fingerprint density at radius 2 is 2.38 bits per heavy atom. The van der Waals surface area contributed by atoms with Gasteiger partial charge in [0.05, 0.1) is 18.5 Å². The molecule has 1 aliphatic rings. The number of hydrogen-bond acceptors (Lipinski definition) is 5. The van der Waals surface area contributed by atoms with E-state index in [1.54, 1.807) is 17.6 Å². The summed E-state index contributed by atoms with van der Waals surface area (Å²) in [5, 5.41) is 2.07. The zero-order chi connectivity index (χ0) is 14.2. The minimum absolute atomic E-state index is 0.580. The smallest absolute Gasteiger partial charge is 0.195 e. The van der Waals surface area contributed by atoms with Crippen LogP contribution in [0.4, 0.5) is 5.82 Å². The molecule has 110 valence electrons. The number of aromatic nitrogens is 2. The molecule has 6 heteroatoms. The van der Waals surface area contributed by atoms with Gasteiger partial charge >= 0.3 is 0 Å². The summed E-state index contributed by atoms with van der Waals surface area (Å²) in [6.07, 6.45) is 7.11. The number of furan rings is 1. The lowest BCUT2D eigenvalue weighted by Crippen LogP contribution is -2.26. The third-order valence-electron chi connectivity index (χ3n) is 3.89. The first-order chi connectivity index (χ1) is 10.4. The molecule has 0 aromatic carbocycles. The molecule has 0 saturated heterocycles. The van der Waals surface area contributed by atoms with Crippen LogP contribution in [-0.4, -0.2) is 22.0 Å². The van der Waals surface area contributed by atoms with Crippen molar-refractivity contribution < 1.29 is 4.42 Å². The maximum Gasteiger partial charge on any atom is 0.195 e. The first-order valence-corrected chi connectivity index (χ1v) is 8.18. The number of hydrogen-bond donors (Lipinski definition) is 1. The van der Waals surface area contributed by atoms with Crippen LogP contribution in [0.1, 0.15) is 24.3 Å². The van der Waals surface area contributed by atoms with Gasteiger partial charge in [0.25, 0.3) is 0 Å². The minimum atomic E-state index is 0.580. The van der Waals surface area contributed by atoms with Crippen molar-refractivity contribution in [1.82, 2.24) is 9.38 Å². The van der Waals surface area contributed by atoms with Crippen LogP contribution in [0.2, 0.25) is 0 Å². The Bertz CT molecular complexity index is 726. The molecule has 0 amide bonds. The van der Waals surface area contributed by atoms with Gasteiger partial charge in [-0.1, -0.05) is 0 Å². The molecule has 0 radical (unpaired) electrons. The van der Waals surface area contributed by atoms with E-state index >= 15 is 0 Å². The van der Waals surface area contributed by atoms with E-state index in [1.807, 2.05) is 12.1 Å². The summed E-state index contributed by atoms with van der Waals surface area (Å²) in [5.74, 6) is 2.06. The molecule has 0 unspecified atom stereocenters. The highest BCUT2D eigenvalue weighted by molar-refractivity contribution is 7.15. The number of nitrogens with two attached hydrogens (primary N) is 1. The Kier molecular flexibility index (Phi) is 3.20. The van der Waals surface area contributed by atoms with Crippen molar-refractivity contribution in [2.75, 3.05) is 11.4 Å². The van der Waals surface area contributed by atoms with Gasteiger partial charge in [-0.05, 0) is 31.5 Å². The van der Waals surface area contributed by atoms with E-state index in [0.29, 0.717) is 12.6 Å². The number of nitrogens with zero attached hydrogens (tertiary/aromatic N) is 3. The average Bonchev–Trinajstić information content (AvgIpc) is 2.88.